The molecule has 0 unspecified atom stereocenters. The van der Waals surface area contributed by atoms with Crippen molar-refractivity contribution in [3.05, 3.63) is 48.0 Å². The van der Waals surface area contributed by atoms with Gasteiger partial charge in [-0.15, -0.1) is 0 Å². The molecule has 0 amide bonds. The monoisotopic (exact) mass is 353 g/mol. The third-order valence-electron chi connectivity index (χ3n) is 4.99. The van der Waals surface area contributed by atoms with Crippen molar-refractivity contribution >= 4 is 23.1 Å². The third-order valence-corrected chi connectivity index (χ3v) is 6.14. The van der Waals surface area contributed by atoms with Crippen molar-refractivity contribution in [3.63, 3.8) is 0 Å². The SMILES string of the molecule is CCCCCCCCCCCc1ccc2c(c1)Nc1ccccc1S2. The van der Waals surface area contributed by atoms with Gasteiger partial charge in [-0.2, -0.15) is 0 Å². The van der Waals surface area contributed by atoms with Gasteiger partial charge in [0.2, 0.25) is 0 Å². The second-order valence-corrected chi connectivity index (χ2v) is 8.22. The lowest BCUT2D eigenvalue weighted by atomic mass is 10.0. The normalized spacial score (nSPS) is 12.4. The molecule has 25 heavy (non-hydrogen) atoms. The maximum Gasteiger partial charge on any atom is 0.0529 e. The number of hydrogen-bond donors (Lipinski definition) is 1. The van der Waals surface area contributed by atoms with Crippen molar-refractivity contribution < 1.29 is 0 Å². The first-order chi connectivity index (χ1) is 12.4. The van der Waals surface area contributed by atoms with Crippen LogP contribution in [0, 0.1) is 0 Å². The Morgan fingerprint density at radius 2 is 1.40 bits per heavy atom. The number of fused-ring (bicyclic) bond motifs is 2. The number of nitrogens with one attached hydrogen (secondary N) is 1. The van der Waals surface area contributed by atoms with Gasteiger partial charge in [-0.1, -0.05) is 88.3 Å². The first-order valence-corrected chi connectivity index (χ1v) is 10.9. The number of benzene rings is 2. The van der Waals surface area contributed by atoms with Gasteiger partial charge in [0.25, 0.3) is 0 Å². The maximum absolute atomic E-state index is 3.60. The molecule has 2 heteroatoms. The summed E-state index contributed by atoms with van der Waals surface area (Å²) in [6.45, 7) is 2.29. The van der Waals surface area contributed by atoms with E-state index in [1.54, 1.807) is 0 Å². The van der Waals surface area contributed by atoms with Crippen molar-refractivity contribution in [2.75, 3.05) is 5.32 Å². The average Bonchev–Trinajstić information content (AvgIpc) is 2.65. The highest BCUT2D eigenvalue weighted by Crippen LogP contribution is 2.44. The van der Waals surface area contributed by atoms with Crippen molar-refractivity contribution in [2.45, 2.75) is 80.9 Å². The topological polar surface area (TPSA) is 12.0 Å². The van der Waals surface area contributed by atoms with Crippen LogP contribution in [0.1, 0.15) is 70.3 Å². The van der Waals surface area contributed by atoms with Crippen molar-refractivity contribution in [1.82, 2.24) is 0 Å². The van der Waals surface area contributed by atoms with Gasteiger partial charge in [-0.05, 0) is 42.7 Å². The van der Waals surface area contributed by atoms with Crippen molar-refractivity contribution in [3.8, 4) is 0 Å². The lowest BCUT2D eigenvalue weighted by Crippen LogP contribution is -2.00. The minimum Gasteiger partial charge on any atom is -0.354 e. The van der Waals surface area contributed by atoms with Crippen LogP contribution in [0.25, 0.3) is 0 Å². The maximum atomic E-state index is 3.60. The van der Waals surface area contributed by atoms with Crippen LogP contribution in [-0.2, 0) is 6.42 Å². The zero-order valence-electron chi connectivity index (χ0n) is 15.5. The van der Waals surface area contributed by atoms with Crippen LogP contribution in [0.2, 0.25) is 0 Å². The molecule has 0 radical (unpaired) electrons. The lowest BCUT2D eigenvalue weighted by molar-refractivity contribution is 0.565. The number of rotatable bonds is 10. The summed E-state index contributed by atoms with van der Waals surface area (Å²) in [6, 6.07) is 15.5. The zero-order valence-corrected chi connectivity index (χ0v) is 16.3. The molecule has 134 valence electrons. The zero-order chi connectivity index (χ0) is 17.3. The van der Waals surface area contributed by atoms with E-state index in [1.165, 1.54) is 90.9 Å². The average molecular weight is 354 g/mol. The van der Waals surface area contributed by atoms with Gasteiger partial charge >= 0.3 is 0 Å². The van der Waals surface area contributed by atoms with E-state index < -0.39 is 0 Å². The van der Waals surface area contributed by atoms with Gasteiger partial charge in [0.1, 0.15) is 0 Å². The highest BCUT2D eigenvalue weighted by molar-refractivity contribution is 7.99. The molecule has 0 spiro atoms. The molecular weight excluding hydrogens is 322 g/mol. The van der Waals surface area contributed by atoms with Crippen LogP contribution in [0.15, 0.2) is 52.3 Å². The molecule has 1 aliphatic rings. The Bertz CT molecular complexity index is 665. The van der Waals surface area contributed by atoms with E-state index in [-0.39, 0.29) is 0 Å². The highest BCUT2D eigenvalue weighted by Gasteiger charge is 2.15. The Morgan fingerprint density at radius 1 is 0.720 bits per heavy atom. The molecule has 2 aromatic carbocycles. The second kappa shape index (κ2) is 9.91. The molecule has 2 aromatic rings. The van der Waals surface area contributed by atoms with Crippen LogP contribution < -0.4 is 5.32 Å². The Labute approximate surface area is 157 Å². The van der Waals surface area contributed by atoms with Crippen molar-refractivity contribution in [1.29, 1.82) is 0 Å². The standard InChI is InChI=1S/C23H31NS/c1-2-3-4-5-6-7-8-9-10-13-19-16-17-23-21(18-19)24-20-14-11-12-15-22(20)25-23/h11-12,14-18,24H,2-10,13H2,1H3. The Hall–Kier alpha value is -1.41. The smallest absolute Gasteiger partial charge is 0.0529 e. The molecule has 1 N–H and O–H groups in total. The summed E-state index contributed by atoms with van der Waals surface area (Å²) in [5.74, 6) is 0. The van der Waals surface area contributed by atoms with Gasteiger partial charge in [-0.3, -0.25) is 0 Å². The summed E-state index contributed by atoms with van der Waals surface area (Å²) in [7, 11) is 0. The summed E-state index contributed by atoms with van der Waals surface area (Å²) in [6.07, 6.45) is 13.8. The molecular formula is C23H31NS. The van der Waals surface area contributed by atoms with E-state index in [2.05, 4.69) is 54.7 Å². The number of unbranched alkanes of at least 4 members (excludes halogenated alkanes) is 8. The van der Waals surface area contributed by atoms with Gasteiger partial charge in [0.05, 0.1) is 11.4 Å². The largest absolute Gasteiger partial charge is 0.354 e. The predicted molar refractivity (Wildman–Crippen MR) is 111 cm³/mol. The fourth-order valence-electron chi connectivity index (χ4n) is 3.48. The van der Waals surface area contributed by atoms with Crippen LogP contribution in [0.4, 0.5) is 11.4 Å². The Balaban J connectivity index is 1.39. The number of hydrogen-bond acceptors (Lipinski definition) is 2. The quantitative estimate of drug-likeness (QED) is 0.371. The van der Waals surface area contributed by atoms with E-state index in [0.717, 1.165) is 0 Å². The fourth-order valence-corrected chi connectivity index (χ4v) is 4.45. The molecule has 0 bridgehead atoms. The summed E-state index contributed by atoms with van der Waals surface area (Å²) >= 11 is 1.87. The number of anilines is 2. The molecule has 0 saturated heterocycles. The molecule has 0 aliphatic carbocycles. The molecule has 0 aromatic heterocycles. The molecule has 0 atom stereocenters. The van der Waals surface area contributed by atoms with Gasteiger partial charge in [0.15, 0.2) is 0 Å². The van der Waals surface area contributed by atoms with Crippen LogP contribution in [0.3, 0.4) is 0 Å². The first kappa shape index (κ1) is 18.4. The Kier molecular flexibility index (Phi) is 7.29. The molecule has 1 aliphatic heterocycles. The van der Waals surface area contributed by atoms with E-state index in [4.69, 9.17) is 0 Å². The molecule has 0 fully saturated rings. The molecule has 0 saturated carbocycles. The first-order valence-electron chi connectivity index (χ1n) is 10.0. The number of para-hydroxylation sites is 1. The van der Waals surface area contributed by atoms with E-state index in [0.29, 0.717) is 0 Å². The third kappa shape index (κ3) is 5.54. The summed E-state index contributed by atoms with van der Waals surface area (Å²) in [5, 5.41) is 3.60. The highest BCUT2D eigenvalue weighted by atomic mass is 32.2. The summed E-state index contributed by atoms with van der Waals surface area (Å²) in [5.41, 5.74) is 3.98. The minimum atomic E-state index is 1.21. The lowest BCUT2D eigenvalue weighted by Gasteiger charge is -2.21. The van der Waals surface area contributed by atoms with Crippen LogP contribution >= 0.6 is 11.8 Å². The second-order valence-electron chi connectivity index (χ2n) is 7.13. The Morgan fingerprint density at radius 3 is 2.20 bits per heavy atom. The van der Waals surface area contributed by atoms with E-state index >= 15 is 0 Å². The fraction of sp³-hybridized carbons (Fsp3) is 0.478. The molecule has 1 heterocycles. The van der Waals surface area contributed by atoms with Gasteiger partial charge in [-0.25, -0.2) is 0 Å². The van der Waals surface area contributed by atoms with E-state index in [9.17, 15) is 0 Å². The molecule has 3 rings (SSSR count). The summed E-state index contributed by atoms with van der Waals surface area (Å²) < 4.78 is 0. The number of aryl methyl sites for hydroxylation is 1. The summed E-state index contributed by atoms with van der Waals surface area (Å²) in [4.78, 5) is 2.66. The minimum absolute atomic E-state index is 1.21. The van der Waals surface area contributed by atoms with Crippen LogP contribution in [-0.4, -0.2) is 0 Å². The van der Waals surface area contributed by atoms with Crippen LogP contribution in [0.5, 0.6) is 0 Å². The van der Waals surface area contributed by atoms with E-state index in [1.807, 2.05) is 11.8 Å². The molecule has 1 nitrogen and oxygen atoms in total. The predicted octanol–water partition coefficient (Wildman–Crippen LogP) is 7.97. The van der Waals surface area contributed by atoms with Crippen molar-refractivity contribution in [2.24, 2.45) is 0 Å². The van der Waals surface area contributed by atoms with Gasteiger partial charge in [0, 0.05) is 9.79 Å². The van der Waals surface area contributed by atoms with Gasteiger partial charge < -0.3 is 5.32 Å².